The molecule has 0 aliphatic heterocycles. The number of carbonyl (C=O) groups is 2. The number of nitrogens with zero attached hydrogens (tertiary/aromatic N) is 4. The van der Waals surface area contributed by atoms with Gasteiger partial charge in [0.25, 0.3) is 17.0 Å². The average Bonchev–Trinajstić information content (AvgIpc) is 3.14. The van der Waals surface area contributed by atoms with E-state index in [-0.39, 0.29) is 41.3 Å². The van der Waals surface area contributed by atoms with E-state index in [1.807, 2.05) is 66.7 Å². The van der Waals surface area contributed by atoms with Gasteiger partial charge in [0.1, 0.15) is 29.1 Å². The number of rotatable bonds is 10. The molecule has 248 valence electrons. The van der Waals surface area contributed by atoms with Crippen LogP contribution in [0.1, 0.15) is 32.9 Å². The lowest BCUT2D eigenvalue weighted by molar-refractivity contribution is -0.136. The molecule has 0 unspecified atom stereocenters. The van der Waals surface area contributed by atoms with Gasteiger partial charge in [-0.05, 0) is 41.0 Å². The highest BCUT2D eigenvalue weighted by atomic mass is 16.4. The molecule has 0 saturated heterocycles. The summed E-state index contributed by atoms with van der Waals surface area (Å²) in [5.41, 5.74) is 3.08. The van der Waals surface area contributed by atoms with Gasteiger partial charge in [0, 0.05) is 22.4 Å². The fourth-order valence-electron chi connectivity index (χ4n) is 5.32. The molecular formula is C38H26N8O5. The Bertz CT molecular complexity index is 2480. The maximum Gasteiger partial charge on any atom is 0.307 e. The molecule has 13 nitrogen and oxygen atoms in total. The van der Waals surface area contributed by atoms with Gasteiger partial charge >= 0.3 is 5.97 Å². The number of nitrogens with one attached hydrogen (secondary N) is 4. The van der Waals surface area contributed by atoms with Crippen molar-refractivity contribution in [3.63, 3.8) is 0 Å². The summed E-state index contributed by atoms with van der Waals surface area (Å²) in [5, 5.41) is 34.0. The van der Waals surface area contributed by atoms with E-state index in [0.29, 0.717) is 28.2 Å². The van der Waals surface area contributed by atoms with Gasteiger partial charge in [0.15, 0.2) is 0 Å². The van der Waals surface area contributed by atoms with Crippen LogP contribution in [0.25, 0.3) is 33.6 Å². The predicted molar refractivity (Wildman–Crippen MR) is 189 cm³/mol. The van der Waals surface area contributed by atoms with Crippen molar-refractivity contribution in [2.75, 3.05) is 10.6 Å². The molecule has 6 rings (SSSR count). The van der Waals surface area contributed by atoms with Gasteiger partial charge in [0.05, 0.1) is 24.4 Å². The van der Waals surface area contributed by atoms with E-state index in [0.717, 1.165) is 16.8 Å². The Labute approximate surface area is 289 Å². The van der Waals surface area contributed by atoms with Crippen LogP contribution in [0.15, 0.2) is 113 Å². The molecule has 51 heavy (non-hydrogen) atoms. The first-order valence-corrected chi connectivity index (χ1v) is 15.4. The van der Waals surface area contributed by atoms with Crippen LogP contribution < -0.4 is 21.8 Å². The van der Waals surface area contributed by atoms with Crippen molar-refractivity contribution in [2.24, 2.45) is 0 Å². The Hall–Kier alpha value is -7.64. The quantitative estimate of drug-likeness (QED) is 0.130. The Morgan fingerprint density at radius 2 is 1.29 bits per heavy atom. The van der Waals surface area contributed by atoms with Crippen LogP contribution in [0, 0.1) is 22.7 Å². The maximum absolute atomic E-state index is 12.9. The Morgan fingerprint density at radius 1 is 0.706 bits per heavy atom. The second-order valence-corrected chi connectivity index (χ2v) is 11.2. The largest absolute Gasteiger partial charge is 0.481 e. The van der Waals surface area contributed by atoms with Crippen molar-refractivity contribution in [1.82, 2.24) is 19.9 Å². The predicted octanol–water partition coefficient (Wildman–Crippen LogP) is 5.09. The number of aromatic amines is 2. The zero-order chi connectivity index (χ0) is 35.9. The lowest BCUT2D eigenvalue weighted by atomic mass is 10.0. The zero-order valence-electron chi connectivity index (χ0n) is 26.6. The second kappa shape index (κ2) is 14.6. The third-order valence-electron chi connectivity index (χ3n) is 7.77. The van der Waals surface area contributed by atoms with Gasteiger partial charge in [-0.3, -0.25) is 29.5 Å². The fourth-order valence-corrected chi connectivity index (χ4v) is 5.32. The molecule has 4 aromatic carbocycles. The number of nitriles is 2. The molecule has 0 spiro atoms. The van der Waals surface area contributed by atoms with Gasteiger partial charge in [0.2, 0.25) is 5.95 Å². The number of aromatic nitrogens is 4. The lowest BCUT2D eigenvalue weighted by Crippen LogP contribution is -2.21. The third-order valence-corrected chi connectivity index (χ3v) is 7.77. The minimum absolute atomic E-state index is 0.0522. The van der Waals surface area contributed by atoms with E-state index in [9.17, 15) is 29.7 Å². The number of anilines is 2. The molecule has 0 aliphatic carbocycles. The minimum atomic E-state index is -1.04. The smallest absolute Gasteiger partial charge is 0.307 e. The number of amides is 1. The Kier molecular flexibility index (Phi) is 9.55. The molecule has 0 radical (unpaired) electrons. The number of hydrogen-bond donors (Lipinski definition) is 5. The van der Waals surface area contributed by atoms with Crippen molar-refractivity contribution >= 4 is 23.5 Å². The highest BCUT2D eigenvalue weighted by Crippen LogP contribution is 2.27. The summed E-state index contributed by atoms with van der Waals surface area (Å²) in [6.07, 6.45) is -0.259. The number of hydrogen-bond acceptors (Lipinski definition) is 9. The van der Waals surface area contributed by atoms with E-state index in [1.54, 1.807) is 36.4 Å². The summed E-state index contributed by atoms with van der Waals surface area (Å²) in [6.45, 7) is 0.207. The first kappa shape index (κ1) is 33.3. The van der Waals surface area contributed by atoms with Crippen molar-refractivity contribution in [2.45, 2.75) is 13.0 Å². The van der Waals surface area contributed by atoms with E-state index in [2.05, 4.69) is 30.6 Å². The van der Waals surface area contributed by atoms with Gasteiger partial charge in [-0.25, -0.2) is 9.97 Å². The molecule has 1 amide bonds. The van der Waals surface area contributed by atoms with Crippen molar-refractivity contribution < 1.29 is 14.7 Å². The topological polar surface area (TPSA) is 218 Å². The molecule has 0 aliphatic rings. The Balaban J connectivity index is 1.17. The van der Waals surface area contributed by atoms with Crippen molar-refractivity contribution in [1.29, 1.82) is 10.5 Å². The lowest BCUT2D eigenvalue weighted by Gasteiger charge is -2.11. The van der Waals surface area contributed by atoms with Crippen LogP contribution in [-0.4, -0.2) is 36.9 Å². The van der Waals surface area contributed by atoms with Crippen LogP contribution in [-0.2, 0) is 17.8 Å². The number of carboxylic acids is 1. The molecule has 0 atom stereocenters. The summed E-state index contributed by atoms with van der Waals surface area (Å²) in [7, 11) is 0. The molecule has 0 bridgehead atoms. The van der Waals surface area contributed by atoms with E-state index in [4.69, 9.17) is 5.11 Å². The molecule has 0 fully saturated rings. The van der Waals surface area contributed by atoms with Gasteiger partial charge in [-0.15, -0.1) is 0 Å². The molecule has 0 saturated carbocycles. The first-order valence-electron chi connectivity index (χ1n) is 15.4. The average molecular weight is 675 g/mol. The molecule has 2 heterocycles. The molecule has 2 aromatic heterocycles. The summed E-state index contributed by atoms with van der Waals surface area (Å²) in [6, 6.07) is 33.5. The first-order chi connectivity index (χ1) is 24.7. The van der Waals surface area contributed by atoms with E-state index < -0.39 is 23.0 Å². The van der Waals surface area contributed by atoms with Crippen LogP contribution in [0.3, 0.4) is 0 Å². The van der Waals surface area contributed by atoms with Gasteiger partial charge in [-0.2, -0.15) is 10.5 Å². The van der Waals surface area contributed by atoms with E-state index >= 15 is 0 Å². The molecule has 6 aromatic rings. The van der Waals surface area contributed by atoms with Crippen LogP contribution in [0.4, 0.5) is 11.6 Å². The second-order valence-electron chi connectivity index (χ2n) is 11.2. The van der Waals surface area contributed by atoms with Crippen molar-refractivity contribution in [3.05, 3.63) is 152 Å². The minimum Gasteiger partial charge on any atom is -0.481 e. The van der Waals surface area contributed by atoms with Crippen LogP contribution in [0.2, 0.25) is 0 Å². The summed E-state index contributed by atoms with van der Waals surface area (Å²) in [4.78, 5) is 63.3. The van der Waals surface area contributed by atoms with Gasteiger partial charge in [-0.1, -0.05) is 78.9 Å². The fraction of sp³-hybridized carbons (Fsp3) is 0.0526. The third kappa shape index (κ3) is 7.59. The zero-order valence-corrected chi connectivity index (χ0v) is 26.6. The van der Waals surface area contributed by atoms with E-state index in [1.165, 1.54) is 12.1 Å². The Morgan fingerprint density at radius 3 is 1.94 bits per heavy atom. The summed E-state index contributed by atoms with van der Waals surface area (Å²) >= 11 is 0. The molecular weight excluding hydrogens is 648 g/mol. The highest BCUT2D eigenvalue weighted by molar-refractivity contribution is 6.03. The normalized spacial score (nSPS) is 10.5. The maximum atomic E-state index is 12.9. The number of H-pyrrole nitrogens is 2. The van der Waals surface area contributed by atoms with Crippen LogP contribution >= 0.6 is 0 Å². The number of aliphatic carboxylic acids is 1. The number of benzene rings is 4. The SMILES string of the molecule is N#Cc1c(-c2ccccc2)nc(CNc2ccc(-c3ccc(-c4nc(NC(=O)c5cccc(CC(=O)O)c5)[nH]c(=O)c4C#N)cc3)cc2)[nH]c1=O. The monoisotopic (exact) mass is 674 g/mol. The summed E-state index contributed by atoms with van der Waals surface area (Å²) in [5.74, 6) is -1.46. The number of carboxylic acid groups (broad SMARTS) is 1. The van der Waals surface area contributed by atoms with Gasteiger partial charge < -0.3 is 15.4 Å². The van der Waals surface area contributed by atoms with Crippen LogP contribution in [0.5, 0.6) is 0 Å². The highest BCUT2D eigenvalue weighted by Gasteiger charge is 2.17. The number of carbonyl (C=O) groups excluding carboxylic acids is 1. The molecule has 13 heteroatoms. The molecule has 5 N–H and O–H groups in total. The van der Waals surface area contributed by atoms with Crippen molar-refractivity contribution in [3.8, 4) is 45.8 Å². The standard InChI is InChI=1S/C38H26N8O5/c39-19-29-33(25-6-2-1-3-7-25)42-31(43-36(29)50)21-41-28-15-13-24(14-16-28)23-9-11-26(12-10-23)34-30(20-40)37(51)46-38(44-34)45-35(49)27-8-4-5-22(17-27)18-32(47)48/h1-17,41H,18,21H2,(H,47,48)(H,42,43,50)(H2,44,45,46,49,51). The summed E-state index contributed by atoms with van der Waals surface area (Å²) < 4.78 is 0.